The van der Waals surface area contributed by atoms with Gasteiger partial charge in [0.15, 0.2) is 5.84 Å². The van der Waals surface area contributed by atoms with Crippen LogP contribution < -0.4 is 5.73 Å². The van der Waals surface area contributed by atoms with Crippen LogP contribution in [0.4, 0.5) is 0 Å². The van der Waals surface area contributed by atoms with Gasteiger partial charge in [0.1, 0.15) is 28.2 Å². The van der Waals surface area contributed by atoms with Crippen molar-refractivity contribution >= 4 is 61.2 Å². The van der Waals surface area contributed by atoms with E-state index in [4.69, 9.17) is 24.6 Å². The average Bonchev–Trinajstić information content (AvgIpc) is 3.76. The zero-order valence-corrected chi connectivity index (χ0v) is 27.6. The fraction of sp³-hybridized carbons (Fsp3) is 0. The molecular formula is C46H31N3O2. The molecule has 5 heteroatoms. The molecule has 0 aliphatic rings. The number of aliphatic imine (C=N–C) groups is 2. The van der Waals surface area contributed by atoms with Gasteiger partial charge in [-0.15, -0.1) is 0 Å². The van der Waals surface area contributed by atoms with E-state index in [-0.39, 0.29) is 0 Å². The van der Waals surface area contributed by atoms with Gasteiger partial charge in [0, 0.05) is 32.7 Å². The highest BCUT2D eigenvalue weighted by Gasteiger charge is 2.18. The Morgan fingerprint density at radius 3 is 1.86 bits per heavy atom. The highest BCUT2D eigenvalue weighted by Crippen LogP contribution is 2.39. The Labute approximate surface area is 294 Å². The monoisotopic (exact) mass is 657 g/mol. The molecule has 0 bridgehead atoms. The van der Waals surface area contributed by atoms with Crippen LogP contribution >= 0.6 is 0 Å². The number of amidine groups is 2. The van der Waals surface area contributed by atoms with E-state index in [1.54, 1.807) is 0 Å². The van der Waals surface area contributed by atoms with Crippen molar-refractivity contribution in [1.82, 2.24) is 0 Å². The molecule has 0 amide bonds. The van der Waals surface area contributed by atoms with Crippen LogP contribution in [0, 0.1) is 0 Å². The van der Waals surface area contributed by atoms with Gasteiger partial charge in [-0.05, 0) is 58.1 Å². The van der Waals surface area contributed by atoms with Gasteiger partial charge in [-0.2, -0.15) is 0 Å². The summed E-state index contributed by atoms with van der Waals surface area (Å²) in [5.74, 6) is 0.786. The predicted octanol–water partition coefficient (Wildman–Crippen LogP) is 11.6. The van der Waals surface area contributed by atoms with Crippen LogP contribution in [-0.4, -0.2) is 11.7 Å². The van der Waals surface area contributed by atoms with Crippen LogP contribution in [0.1, 0.15) is 16.7 Å². The van der Waals surface area contributed by atoms with Crippen LogP contribution in [0.5, 0.6) is 0 Å². The third kappa shape index (κ3) is 5.47. The first-order valence-corrected chi connectivity index (χ1v) is 16.8. The summed E-state index contributed by atoms with van der Waals surface area (Å²) >= 11 is 0. The maximum Gasteiger partial charge on any atom is 0.162 e. The van der Waals surface area contributed by atoms with Crippen molar-refractivity contribution in [3.05, 3.63) is 187 Å². The molecule has 0 aliphatic carbocycles. The fourth-order valence-corrected chi connectivity index (χ4v) is 6.82. The lowest BCUT2D eigenvalue weighted by molar-refractivity contribution is 0.669. The normalized spacial score (nSPS) is 12.3. The highest BCUT2D eigenvalue weighted by atomic mass is 16.3. The molecule has 0 saturated carbocycles. The summed E-state index contributed by atoms with van der Waals surface area (Å²) in [6.07, 6.45) is 0. The van der Waals surface area contributed by atoms with Crippen LogP contribution in [0.2, 0.25) is 0 Å². The SMILES string of the molecule is C=C(N=C(N=C(N)c1cccc2oc3ccc(-c4cccc5oc6ccccc6c45)cc3c12)c1ccc(-c2ccccc2)cc1)c1ccccc1. The Hall–Kier alpha value is -6.98. The van der Waals surface area contributed by atoms with Crippen molar-refractivity contribution in [2.45, 2.75) is 0 Å². The van der Waals surface area contributed by atoms with Crippen molar-refractivity contribution < 1.29 is 8.83 Å². The van der Waals surface area contributed by atoms with Gasteiger partial charge in [0.05, 0.1) is 5.70 Å². The molecule has 0 aliphatic heterocycles. The van der Waals surface area contributed by atoms with Crippen molar-refractivity contribution in [2.75, 3.05) is 0 Å². The fourth-order valence-electron chi connectivity index (χ4n) is 6.82. The molecule has 2 N–H and O–H groups in total. The van der Waals surface area contributed by atoms with E-state index < -0.39 is 0 Å². The molecule has 7 aromatic carbocycles. The van der Waals surface area contributed by atoms with Gasteiger partial charge < -0.3 is 14.6 Å². The largest absolute Gasteiger partial charge is 0.456 e. The first kappa shape index (κ1) is 30.1. The second kappa shape index (κ2) is 12.5. The molecule has 0 fully saturated rings. The Balaban J connectivity index is 1.18. The lowest BCUT2D eigenvalue weighted by atomic mass is 9.97. The summed E-state index contributed by atoms with van der Waals surface area (Å²) in [5.41, 5.74) is 17.6. The first-order valence-electron chi connectivity index (χ1n) is 16.8. The molecule has 0 spiro atoms. The zero-order valence-electron chi connectivity index (χ0n) is 27.6. The van der Waals surface area contributed by atoms with Crippen molar-refractivity contribution in [3.63, 3.8) is 0 Å². The average molecular weight is 658 g/mol. The van der Waals surface area contributed by atoms with Gasteiger partial charge in [-0.1, -0.05) is 140 Å². The predicted molar refractivity (Wildman–Crippen MR) is 211 cm³/mol. The zero-order chi connectivity index (χ0) is 34.3. The highest BCUT2D eigenvalue weighted by molar-refractivity contribution is 6.22. The van der Waals surface area contributed by atoms with Gasteiger partial charge in [-0.25, -0.2) is 9.98 Å². The number of hydrogen-bond donors (Lipinski definition) is 1. The molecular weight excluding hydrogens is 627 g/mol. The van der Waals surface area contributed by atoms with Gasteiger partial charge in [-0.3, -0.25) is 0 Å². The smallest absolute Gasteiger partial charge is 0.162 e. The summed E-state index contributed by atoms with van der Waals surface area (Å²) in [4.78, 5) is 9.94. The Kier molecular flexibility index (Phi) is 7.37. The summed E-state index contributed by atoms with van der Waals surface area (Å²) < 4.78 is 12.6. The molecule has 242 valence electrons. The minimum absolute atomic E-state index is 0.323. The van der Waals surface area contributed by atoms with Crippen LogP contribution in [0.25, 0.3) is 71.8 Å². The number of nitrogens with two attached hydrogens (primary N) is 1. The second-order valence-corrected chi connectivity index (χ2v) is 12.5. The van der Waals surface area contributed by atoms with Crippen LogP contribution in [0.3, 0.4) is 0 Å². The van der Waals surface area contributed by atoms with Gasteiger partial charge >= 0.3 is 0 Å². The third-order valence-electron chi connectivity index (χ3n) is 9.31. The van der Waals surface area contributed by atoms with E-state index in [0.717, 1.165) is 82.8 Å². The molecule has 2 aromatic heterocycles. The maximum absolute atomic E-state index is 6.94. The van der Waals surface area contributed by atoms with Gasteiger partial charge in [0.25, 0.3) is 0 Å². The lowest BCUT2D eigenvalue weighted by Gasteiger charge is -2.09. The standard InChI is InChI=1S/C46H31N3O2/c1-29(30-12-4-2-5-13-30)48-46(33-24-22-32(23-25-33)31-14-6-3-7-15-31)49-45(47)37-18-11-21-42-44(37)38-28-34(26-27-40(38)51-42)35-17-10-20-41-43(35)36-16-8-9-19-39(36)50-41/h2-28H,1H2,(H2,47,48,49). The van der Waals surface area contributed by atoms with E-state index in [0.29, 0.717) is 17.4 Å². The molecule has 0 saturated heterocycles. The quantitative estimate of drug-likeness (QED) is 0.143. The van der Waals surface area contributed by atoms with E-state index in [9.17, 15) is 0 Å². The van der Waals surface area contributed by atoms with Crippen LogP contribution in [-0.2, 0) is 0 Å². The summed E-state index contributed by atoms with van der Waals surface area (Å²) in [6, 6.07) is 54.8. The Morgan fingerprint density at radius 2 is 1.08 bits per heavy atom. The number of furan rings is 2. The number of para-hydroxylation sites is 1. The van der Waals surface area contributed by atoms with E-state index in [2.05, 4.69) is 55.1 Å². The minimum atomic E-state index is 0.323. The topological polar surface area (TPSA) is 77.0 Å². The van der Waals surface area contributed by atoms with Crippen LogP contribution in [0.15, 0.2) is 189 Å². The molecule has 5 nitrogen and oxygen atoms in total. The number of benzene rings is 7. The summed E-state index contributed by atoms with van der Waals surface area (Å²) in [5, 5.41) is 4.00. The summed E-state index contributed by atoms with van der Waals surface area (Å²) in [6.45, 7) is 4.27. The number of nitrogens with zero attached hydrogens (tertiary/aromatic N) is 2. The number of fused-ring (bicyclic) bond motifs is 6. The van der Waals surface area contributed by atoms with Crippen molar-refractivity contribution in [1.29, 1.82) is 0 Å². The summed E-state index contributed by atoms with van der Waals surface area (Å²) in [7, 11) is 0. The molecule has 0 radical (unpaired) electrons. The Bertz CT molecular complexity index is 2810. The number of hydrogen-bond acceptors (Lipinski definition) is 3. The molecule has 0 atom stereocenters. The van der Waals surface area contributed by atoms with Gasteiger partial charge in [0.2, 0.25) is 0 Å². The van der Waals surface area contributed by atoms with E-state index >= 15 is 0 Å². The molecule has 2 heterocycles. The third-order valence-corrected chi connectivity index (χ3v) is 9.31. The minimum Gasteiger partial charge on any atom is -0.456 e. The maximum atomic E-state index is 6.94. The molecule has 0 unspecified atom stereocenters. The van der Waals surface area contributed by atoms with E-state index in [1.807, 2.05) is 115 Å². The lowest BCUT2D eigenvalue weighted by Crippen LogP contribution is -2.16. The molecule has 9 rings (SSSR count). The van der Waals surface area contributed by atoms with E-state index in [1.165, 1.54) is 0 Å². The molecule has 51 heavy (non-hydrogen) atoms. The number of rotatable bonds is 6. The van der Waals surface area contributed by atoms with Crippen molar-refractivity contribution in [3.8, 4) is 22.3 Å². The molecule has 9 aromatic rings. The van der Waals surface area contributed by atoms with Crippen molar-refractivity contribution in [2.24, 2.45) is 15.7 Å². The first-order chi connectivity index (χ1) is 25.1. The Morgan fingerprint density at radius 1 is 0.471 bits per heavy atom. The second-order valence-electron chi connectivity index (χ2n) is 12.5.